The molecule has 1 atom stereocenters. The fourth-order valence-electron chi connectivity index (χ4n) is 2.42. The molecule has 0 aliphatic carbocycles. The van der Waals surface area contributed by atoms with E-state index in [-0.39, 0.29) is 0 Å². The fourth-order valence-corrected chi connectivity index (χ4v) is 2.94. The van der Waals surface area contributed by atoms with Crippen molar-refractivity contribution in [1.29, 1.82) is 0 Å². The van der Waals surface area contributed by atoms with Gasteiger partial charge in [-0.3, -0.25) is 4.90 Å². The molecule has 4 heteroatoms. The van der Waals surface area contributed by atoms with Crippen LogP contribution in [-0.4, -0.2) is 31.6 Å². The minimum absolute atomic E-state index is 0.751. The van der Waals surface area contributed by atoms with E-state index in [0.29, 0.717) is 0 Å². The Kier molecular flexibility index (Phi) is 4.69. The molecule has 1 aliphatic rings. The largest absolute Gasteiger partial charge is 0.319 e. The number of likely N-dealkylation sites (tertiary alicyclic amines) is 1. The van der Waals surface area contributed by atoms with Gasteiger partial charge in [0.1, 0.15) is 0 Å². The van der Waals surface area contributed by atoms with Crippen LogP contribution in [0.2, 0.25) is 10.0 Å². The van der Waals surface area contributed by atoms with Crippen LogP contribution in [0.1, 0.15) is 12.0 Å². The van der Waals surface area contributed by atoms with E-state index in [1.807, 2.05) is 25.2 Å². The van der Waals surface area contributed by atoms with Crippen LogP contribution in [0.15, 0.2) is 18.2 Å². The summed E-state index contributed by atoms with van der Waals surface area (Å²) < 4.78 is 0. The summed E-state index contributed by atoms with van der Waals surface area (Å²) in [4.78, 5) is 2.43. The maximum absolute atomic E-state index is 6.18. The zero-order chi connectivity index (χ0) is 12.3. The van der Waals surface area contributed by atoms with Crippen molar-refractivity contribution in [3.8, 4) is 0 Å². The molecular weight excluding hydrogens is 255 g/mol. The van der Waals surface area contributed by atoms with Crippen molar-refractivity contribution < 1.29 is 0 Å². The monoisotopic (exact) mass is 272 g/mol. The minimum Gasteiger partial charge on any atom is -0.319 e. The molecule has 1 aliphatic heterocycles. The van der Waals surface area contributed by atoms with E-state index >= 15 is 0 Å². The van der Waals surface area contributed by atoms with E-state index in [9.17, 15) is 0 Å². The van der Waals surface area contributed by atoms with Gasteiger partial charge >= 0.3 is 0 Å². The summed E-state index contributed by atoms with van der Waals surface area (Å²) in [5, 5.41) is 4.78. The molecule has 1 unspecified atom stereocenters. The van der Waals surface area contributed by atoms with Gasteiger partial charge in [0.15, 0.2) is 0 Å². The molecule has 17 heavy (non-hydrogen) atoms. The Bertz CT molecular complexity index is 361. The Balaban J connectivity index is 1.98. The number of rotatable bonds is 4. The maximum atomic E-state index is 6.18. The van der Waals surface area contributed by atoms with E-state index in [4.69, 9.17) is 23.2 Å². The molecule has 0 saturated carbocycles. The molecule has 0 aromatic heterocycles. The number of nitrogens with one attached hydrogen (secondary N) is 1. The first kappa shape index (κ1) is 13.2. The highest BCUT2D eigenvalue weighted by molar-refractivity contribution is 6.35. The van der Waals surface area contributed by atoms with Crippen LogP contribution in [0.5, 0.6) is 0 Å². The first-order chi connectivity index (χ1) is 8.20. The van der Waals surface area contributed by atoms with Crippen molar-refractivity contribution in [3.05, 3.63) is 33.8 Å². The van der Waals surface area contributed by atoms with Crippen LogP contribution in [-0.2, 0) is 6.54 Å². The summed E-state index contributed by atoms with van der Waals surface area (Å²) in [5.41, 5.74) is 1.06. The van der Waals surface area contributed by atoms with Crippen LogP contribution in [0.4, 0.5) is 0 Å². The Labute approximate surface area is 113 Å². The maximum Gasteiger partial charge on any atom is 0.0465 e. The molecule has 94 valence electrons. The summed E-state index contributed by atoms with van der Waals surface area (Å²) in [7, 11) is 2.01. The van der Waals surface area contributed by atoms with Gasteiger partial charge in [0.25, 0.3) is 0 Å². The second kappa shape index (κ2) is 6.05. The van der Waals surface area contributed by atoms with Crippen molar-refractivity contribution in [2.45, 2.75) is 13.0 Å². The zero-order valence-corrected chi connectivity index (χ0v) is 11.6. The Morgan fingerprint density at radius 1 is 1.35 bits per heavy atom. The number of hydrogen-bond donors (Lipinski definition) is 1. The van der Waals surface area contributed by atoms with Crippen molar-refractivity contribution in [2.75, 3.05) is 26.7 Å². The molecule has 2 nitrogen and oxygen atoms in total. The lowest BCUT2D eigenvalue weighted by Gasteiger charge is -2.17. The Morgan fingerprint density at radius 3 is 2.71 bits per heavy atom. The van der Waals surface area contributed by atoms with Gasteiger partial charge in [-0.2, -0.15) is 0 Å². The van der Waals surface area contributed by atoms with Gasteiger partial charge < -0.3 is 5.32 Å². The third-order valence-corrected chi connectivity index (χ3v) is 4.01. The third-order valence-electron chi connectivity index (χ3n) is 3.31. The number of halogens is 2. The molecule has 0 amide bonds. The van der Waals surface area contributed by atoms with E-state index < -0.39 is 0 Å². The first-order valence-corrected chi connectivity index (χ1v) is 6.76. The summed E-state index contributed by atoms with van der Waals surface area (Å²) >= 11 is 12.4. The van der Waals surface area contributed by atoms with Crippen LogP contribution in [0, 0.1) is 5.92 Å². The number of hydrogen-bond acceptors (Lipinski definition) is 2. The lowest BCUT2D eigenvalue weighted by Crippen LogP contribution is -2.24. The predicted molar refractivity (Wildman–Crippen MR) is 73.8 cm³/mol. The molecule has 1 aromatic rings. The molecule has 1 aromatic carbocycles. The third kappa shape index (κ3) is 3.35. The summed E-state index contributed by atoms with van der Waals surface area (Å²) in [6.45, 7) is 4.21. The zero-order valence-electron chi connectivity index (χ0n) is 10.0. The predicted octanol–water partition coefficient (Wildman–Crippen LogP) is 3.03. The van der Waals surface area contributed by atoms with E-state index in [0.717, 1.165) is 47.7 Å². The molecule has 1 saturated heterocycles. The highest BCUT2D eigenvalue weighted by Crippen LogP contribution is 2.27. The van der Waals surface area contributed by atoms with Gasteiger partial charge in [-0.15, -0.1) is 0 Å². The van der Waals surface area contributed by atoms with Crippen LogP contribution in [0.3, 0.4) is 0 Å². The standard InChI is InChI=1S/C13H18Cl2N2/c1-16-7-10-5-6-17(8-10)9-11-12(14)3-2-4-13(11)15/h2-4,10,16H,5-9H2,1H3. The average molecular weight is 273 g/mol. The highest BCUT2D eigenvalue weighted by atomic mass is 35.5. The van der Waals surface area contributed by atoms with Gasteiger partial charge in [0.2, 0.25) is 0 Å². The van der Waals surface area contributed by atoms with Gasteiger partial charge in [-0.25, -0.2) is 0 Å². The van der Waals surface area contributed by atoms with Gasteiger partial charge in [-0.05, 0) is 44.6 Å². The summed E-state index contributed by atoms with van der Waals surface area (Å²) in [5.74, 6) is 0.751. The second-order valence-electron chi connectivity index (χ2n) is 4.65. The van der Waals surface area contributed by atoms with E-state index in [1.165, 1.54) is 6.42 Å². The average Bonchev–Trinajstić information content (AvgIpc) is 2.72. The SMILES string of the molecule is CNCC1CCN(Cc2c(Cl)cccc2Cl)C1. The molecule has 0 bridgehead atoms. The molecule has 1 heterocycles. The lowest BCUT2D eigenvalue weighted by atomic mass is 10.1. The van der Waals surface area contributed by atoms with Crippen molar-refractivity contribution in [3.63, 3.8) is 0 Å². The molecule has 2 rings (SSSR count). The van der Waals surface area contributed by atoms with E-state index in [2.05, 4.69) is 10.2 Å². The lowest BCUT2D eigenvalue weighted by molar-refractivity contribution is 0.315. The van der Waals surface area contributed by atoms with Gasteiger partial charge in [0.05, 0.1) is 0 Å². The number of benzene rings is 1. The Hall–Kier alpha value is -0.280. The molecule has 0 radical (unpaired) electrons. The summed E-state index contributed by atoms with van der Waals surface area (Å²) in [6.07, 6.45) is 1.25. The smallest absolute Gasteiger partial charge is 0.0465 e. The normalized spacial score (nSPS) is 21.0. The molecule has 0 spiro atoms. The van der Waals surface area contributed by atoms with E-state index in [1.54, 1.807) is 0 Å². The van der Waals surface area contributed by atoms with Crippen molar-refractivity contribution in [2.24, 2.45) is 5.92 Å². The molecule has 1 fully saturated rings. The fraction of sp³-hybridized carbons (Fsp3) is 0.538. The molecule has 1 N–H and O–H groups in total. The quantitative estimate of drug-likeness (QED) is 0.907. The topological polar surface area (TPSA) is 15.3 Å². The van der Waals surface area contributed by atoms with Crippen LogP contribution < -0.4 is 5.32 Å². The second-order valence-corrected chi connectivity index (χ2v) is 5.46. The van der Waals surface area contributed by atoms with Gasteiger partial charge in [-0.1, -0.05) is 29.3 Å². The van der Waals surface area contributed by atoms with Crippen molar-refractivity contribution in [1.82, 2.24) is 10.2 Å². The highest BCUT2D eigenvalue weighted by Gasteiger charge is 2.22. The van der Waals surface area contributed by atoms with Crippen molar-refractivity contribution >= 4 is 23.2 Å². The van der Waals surface area contributed by atoms with Gasteiger partial charge in [0, 0.05) is 28.7 Å². The number of nitrogens with zero attached hydrogens (tertiary/aromatic N) is 1. The first-order valence-electron chi connectivity index (χ1n) is 6.00. The van der Waals surface area contributed by atoms with Crippen LogP contribution >= 0.6 is 23.2 Å². The Morgan fingerprint density at radius 2 is 2.06 bits per heavy atom. The minimum atomic E-state index is 0.751. The summed E-state index contributed by atoms with van der Waals surface area (Å²) in [6, 6.07) is 5.70. The molecular formula is C13H18Cl2N2. The van der Waals surface area contributed by atoms with Crippen LogP contribution in [0.25, 0.3) is 0 Å².